The molecule has 7 rings (SSSR count). The number of aliphatic carboxylic acids is 1. The first-order valence-corrected chi connectivity index (χ1v) is 32.0. The topological polar surface area (TPSA) is 432 Å². The van der Waals surface area contributed by atoms with Gasteiger partial charge in [0.25, 0.3) is 0 Å². The van der Waals surface area contributed by atoms with Gasteiger partial charge in [-0.3, -0.25) is 53.3 Å². The molecular formula is C63H81F2N15O13S2. The number of nitrogens with zero attached hydrogens (tertiary/aromatic N) is 2. The number of likely N-dealkylation sites (tertiary alicyclic amines) is 1. The normalized spacial score (nSPS) is 16.6. The first-order chi connectivity index (χ1) is 45.3. The highest BCUT2D eigenvalue weighted by molar-refractivity contribution is 7.80. The number of hydrogen-bond donors (Lipinski definition) is 17. The number of halogens is 2. The van der Waals surface area contributed by atoms with Gasteiger partial charge in [0.05, 0.1) is 31.4 Å². The average molecular weight is 1360 g/mol. The zero-order chi connectivity index (χ0) is 69.1. The molecule has 0 bridgehead atoms. The van der Waals surface area contributed by atoms with E-state index < -0.39 is 144 Å². The van der Waals surface area contributed by atoms with Crippen LogP contribution in [-0.2, 0) is 73.6 Å². The second-order valence-corrected chi connectivity index (χ2v) is 24.2. The van der Waals surface area contributed by atoms with Gasteiger partial charge in [0.1, 0.15) is 65.9 Å². The Morgan fingerprint density at radius 3 is 1.77 bits per heavy atom. The van der Waals surface area contributed by atoms with Gasteiger partial charge in [-0.25, -0.2) is 13.8 Å². The zero-order valence-corrected chi connectivity index (χ0v) is 54.3. The van der Waals surface area contributed by atoms with E-state index in [4.69, 9.17) is 16.2 Å². The summed E-state index contributed by atoms with van der Waals surface area (Å²) in [6.07, 6.45) is 3.34. The van der Waals surface area contributed by atoms with Crippen LogP contribution in [0.25, 0.3) is 21.8 Å². The second-order valence-electron chi connectivity index (χ2n) is 23.4. The Morgan fingerprint density at radius 1 is 0.695 bits per heavy atom. The number of aromatic amines is 3. The van der Waals surface area contributed by atoms with Gasteiger partial charge in [-0.1, -0.05) is 12.1 Å². The number of carbonyl (C=O) groups excluding carboxylic acids is 9. The Labute approximate surface area is 555 Å². The summed E-state index contributed by atoms with van der Waals surface area (Å²) >= 11 is 8.28. The number of carboxylic acids is 1. The fourth-order valence-corrected chi connectivity index (χ4v) is 11.7. The lowest BCUT2D eigenvalue weighted by Gasteiger charge is -2.42. The maximum absolute atomic E-state index is 15.0. The molecule has 17 N–H and O–H groups in total. The number of imidazole rings is 1. The molecule has 28 nitrogen and oxygen atoms in total. The highest BCUT2D eigenvalue weighted by Crippen LogP contribution is 2.33. The lowest BCUT2D eigenvalue weighted by molar-refractivity contribution is -0.145. The number of aliphatic hydroxyl groups is 1. The monoisotopic (exact) mass is 1360 g/mol. The number of fused-ring (bicyclic) bond motifs is 2. The molecule has 4 heterocycles. The molecule has 9 amide bonds. The van der Waals surface area contributed by atoms with Gasteiger partial charge in [-0.15, -0.1) is 0 Å². The molecule has 10 atom stereocenters. The number of aromatic nitrogens is 4. The standard InChI is InChI=1S/C63H81F2N15O13S2/c1-33(72-56(86)45(7-4-5-18-66)73-52(81)16-20-94)55(85)74-46(22-35-28-69-43-14-10-37(64)24-41(35)43)57(87)75-47(23-36-29-70-44-15-11-38(65)25-42(36)44)58(88)77-49(27-53(82)83)60(90)76-48(26-39-30-68-32-71-39)59(89)78-50(21-34-8-12-40(93-3)13-9-34)61(91)80-19-6-17-63(80,2)62(92)79-51(31-95)54(67)84/h8-15,24-25,28-30,32-33,45-51,62,69-70,79,92,94-95H,4-7,16-23,26-27,31,66H2,1-3H3,(H2,67,84)(H,68,71)(H,72,86)(H,73,81)(H,74,85)(H,75,87)(H,76,90)(H,77,88)(H,78,89)(H,82,83)/t33-,45+,46+,47+,48+,49+,50+,51+,62?,63+/m1/s1. The number of methoxy groups -OCH3 is 1. The van der Waals surface area contributed by atoms with Crippen LogP contribution in [0.15, 0.2) is 85.6 Å². The number of rotatable bonds is 36. The lowest BCUT2D eigenvalue weighted by atomic mass is 9.94. The number of nitrogens with two attached hydrogens (primary N) is 2. The average Bonchev–Trinajstić information content (AvgIpc) is 1.74. The molecule has 0 aliphatic carbocycles. The van der Waals surface area contributed by atoms with Crippen molar-refractivity contribution >= 4 is 106 Å². The van der Waals surface area contributed by atoms with E-state index in [0.29, 0.717) is 59.1 Å². The van der Waals surface area contributed by atoms with Crippen molar-refractivity contribution in [2.24, 2.45) is 11.5 Å². The first-order valence-electron chi connectivity index (χ1n) is 30.8. The van der Waals surface area contributed by atoms with Crippen LogP contribution in [0.2, 0.25) is 0 Å². The van der Waals surface area contributed by atoms with Crippen LogP contribution in [-0.4, -0.2) is 186 Å². The molecule has 1 saturated heterocycles. The SMILES string of the molecule is COc1ccc(C[C@H](NC(=O)[C@H](Cc2cnc[nH]2)NC(=O)[C@H](CC(=O)O)NC(=O)[C@H](Cc2c[nH]c3ccc(F)cc23)NC(=O)[C@H](Cc2c[nH]c3ccc(F)cc23)NC(=O)[C@@H](C)NC(=O)[C@H](CCCCN)NC(=O)CCS)C(=O)N2CCC[C@@]2(C)C(O)N[C@@H](CS)C(N)=O)cc1. The van der Waals surface area contributed by atoms with E-state index in [-0.39, 0.29) is 73.2 Å². The fraction of sp³-hybridized carbons (Fsp3) is 0.444. The molecule has 0 spiro atoms. The molecule has 6 aromatic rings. The van der Waals surface area contributed by atoms with Crippen LogP contribution in [0.1, 0.15) is 81.2 Å². The van der Waals surface area contributed by atoms with Crippen molar-refractivity contribution in [3.05, 3.63) is 120 Å². The van der Waals surface area contributed by atoms with Gasteiger partial charge in [0, 0.05) is 90.5 Å². The third kappa shape index (κ3) is 20.0. The van der Waals surface area contributed by atoms with Crippen molar-refractivity contribution in [2.45, 2.75) is 145 Å². The quantitative estimate of drug-likeness (QED) is 0.0143. The Hall–Kier alpha value is -9.11. The van der Waals surface area contributed by atoms with Crippen LogP contribution >= 0.6 is 25.3 Å². The number of primary amides is 1. The minimum absolute atomic E-state index is 0.00396. The number of amides is 9. The fourth-order valence-electron chi connectivity index (χ4n) is 11.2. The maximum atomic E-state index is 15.0. The van der Waals surface area contributed by atoms with Crippen LogP contribution in [0.5, 0.6) is 5.75 Å². The molecule has 32 heteroatoms. The molecule has 95 heavy (non-hydrogen) atoms. The summed E-state index contributed by atoms with van der Waals surface area (Å²) in [6.45, 7) is 3.34. The lowest BCUT2D eigenvalue weighted by Crippen LogP contribution is -2.65. The summed E-state index contributed by atoms with van der Waals surface area (Å²) in [5, 5.41) is 43.4. The number of nitrogens with one attached hydrogen (secondary N) is 11. The number of unbranched alkanes of at least 4 members (excludes halogenated alkanes) is 1. The van der Waals surface area contributed by atoms with Crippen molar-refractivity contribution in [3.63, 3.8) is 0 Å². The molecule has 1 fully saturated rings. The van der Waals surface area contributed by atoms with Gasteiger partial charge in [0.15, 0.2) is 0 Å². The van der Waals surface area contributed by atoms with E-state index in [1.165, 1.54) is 74.2 Å². The van der Waals surface area contributed by atoms with Crippen LogP contribution < -0.4 is 58.7 Å². The molecule has 3 aromatic carbocycles. The van der Waals surface area contributed by atoms with Crippen molar-refractivity contribution in [1.82, 2.24) is 67.4 Å². The minimum Gasteiger partial charge on any atom is -0.497 e. The van der Waals surface area contributed by atoms with E-state index in [0.717, 1.165) is 6.07 Å². The van der Waals surface area contributed by atoms with Gasteiger partial charge in [-0.05, 0) is 123 Å². The van der Waals surface area contributed by atoms with Crippen LogP contribution in [0, 0.1) is 11.6 Å². The van der Waals surface area contributed by atoms with Gasteiger partial charge in [0.2, 0.25) is 53.2 Å². The third-order valence-electron chi connectivity index (χ3n) is 16.5. The van der Waals surface area contributed by atoms with E-state index in [2.05, 4.69) is 87.7 Å². The smallest absolute Gasteiger partial charge is 0.305 e. The molecule has 1 aliphatic heterocycles. The Morgan fingerprint density at radius 2 is 1.24 bits per heavy atom. The first kappa shape index (κ1) is 73.3. The minimum atomic E-state index is -2.03. The Kier molecular flexibility index (Phi) is 26.5. The molecule has 1 aliphatic rings. The Bertz CT molecular complexity index is 3690. The van der Waals surface area contributed by atoms with Gasteiger partial charge >= 0.3 is 5.97 Å². The second kappa shape index (κ2) is 34.3. The number of carbonyl (C=O) groups is 10. The summed E-state index contributed by atoms with van der Waals surface area (Å²) in [7, 11) is 1.46. The van der Waals surface area contributed by atoms with Crippen molar-refractivity contribution in [2.75, 3.05) is 31.7 Å². The summed E-state index contributed by atoms with van der Waals surface area (Å²) in [5.41, 5.74) is 12.1. The molecule has 0 radical (unpaired) electrons. The molecule has 0 saturated carbocycles. The number of H-pyrrole nitrogens is 3. The van der Waals surface area contributed by atoms with E-state index >= 15 is 9.59 Å². The van der Waals surface area contributed by atoms with E-state index in [1.54, 1.807) is 31.2 Å². The number of hydrogen-bond acceptors (Lipinski definition) is 17. The predicted octanol–water partition coefficient (Wildman–Crippen LogP) is 0.340. The number of ether oxygens (including phenoxy) is 1. The van der Waals surface area contributed by atoms with Crippen LogP contribution in [0.3, 0.4) is 0 Å². The molecule has 3 aromatic heterocycles. The number of carboxylic acid groups (broad SMARTS) is 1. The largest absolute Gasteiger partial charge is 0.497 e. The van der Waals surface area contributed by atoms with Gasteiger partial charge in [-0.2, -0.15) is 25.3 Å². The number of benzene rings is 3. The van der Waals surface area contributed by atoms with Gasteiger partial charge < -0.3 is 83.5 Å². The summed E-state index contributed by atoms with van der Waals surface area (Å²) in [6, 6.07) is 2.12. The molecule has 1 unspecified atom stereocenters. The summed E-state index contributed by atoms with van der Waals surface area (Å²) in [4.78, 5) is 154. The van der Waals surface area contributed by atoms with E-state index in [1.807, 2.05) is 0 Å². The molecule has 512 valence electrons. The number of aliphatic hydroxyl groups excluding tert-OH is 1. The summed E-state index contributed by atoms with van der Waals surface area (Å²) in [5.74, 6) is -10.4. The molecular weight excluding hydrogens is 1280 g/mol. The summed E-state index contributed by atoms with van der Waals surface area (Å²) < 4.78 is 35.1. The third-order valence-corrected chi connectivity index (χ3v) is 17.1. The van der Waals surface area contributed by atoms with Crippen molar-refractivity contribution < 1.29 is 71.7 Å². The van der Waals surface area contributed by atoms with Crippen molar-refractivity contribution in [3.8, 4) is 5.75 Å². The number of thiol groups is 2. The Balaban J connectivity index is 1.19. The maximum Gasteiger partial charge on any atom is 0.305 e. The predicted molar refractivity (Wildman–Crippen MR) is 351 cm³/mol. The highest BCUT2D eigenvalue weighted by atomic mass is 32.1. The highest BCUT2D eigenvalue weighted by Gasteiger charge is 2.48. The zero-order valence-electron chi connectivity index (χ0n) is 52.5. The van der Waals surface area contributed by atoms with Crippen LogP contribution in [0.4, 0.5) is 8.78 Å². The van der Waals surface area contributed by atoms with E-state index in [9.17, 15) is 57.4 Å². The van der Waals surface area contributed by atoms with Crippen molar-refractivity contribution in [1.29, 1.82) is 0 Å².